The summed E-state index contributed by atoms with van der Waals surface area (Å²) in [6.45, 7) is 6.42. The zero-order valence-electron chi connectivity index (χ0n) is 14.7. The summed E-state index contributed by atoms with van der Waals surface area (Å²) in [6.07, 6.45) is 2.40. The van der Waals surface area contributed by atoms with E-state index in [-0.39, 0.29) is 17.4 Å². The zero-order valence-corrected chi connectivity index (χ0v) is 15.5. The molecular formula is C18H27NO4S. The number of nitrogens with one attached hydrogen (secondary N) is 1. The molecule has 1 N–H and O–H groups in total. The smallest absolute Gasteiger partial charge is 0.220 e. The second kappa shape index (κ2) is 7.55. The van der Waals surface area contributed by atoms with Crippen LogP contribution in [-0.2, 0) is 14.6 Å². The fourth-order valence-electron chi connectivity index (χ4n) is 2.94. The Hall–Kier alpha value is -1.56. The van der Waals surface area contributed by atoms with E-state index in [2.05, 4.69) is 11.4 Å². The molecule has 0 aliphatic carbocycles. The summed E-state index contributed by atoms with van der Waals surface area (Å²) in [6, 6.07) is 6.11. The average Bonchev–Trinajstić information content (AvgIpc) is 2.75. The molecule has 1 aromatic carbocycles. The number of hydrogen-bond donors (Lipinski definition) is 1. The molecule has 24 heavy (non-hydrogen) atoms. The molecule has 5 nitrogen and oxygen atoms in total. The Morgan fingerprint density at radius 1 is 1.29 bits per heavy atom. The maximum absolute atomic E-state index is 12.0. The van der Waals surface area contributed by atoms with Gasteiger partial charge >= 0.3 is 0 Å². The summed E-state index contributed by atoms with van der Waals surface area (Å²) in [5.74, 6) is 1.01. The van der Waals surface area contributed by atoms with E-state index in [4.69, 9.17) is 4.74 Å². The Balaban J connectivity index is 1.67. The SMILES string of the molecule is Cc1ccc(C)c(OCCCCC(=O)NC2(C)CCS(=O)(=O)C2)c1. The molecule has 1 heterocycles. The quantitative estimate of drug-likeness (QED) is 0.765. The molecule has 0 saturated carbocycles. The zero-order chi connectivity index (χ0) is 17.8. The van der Waals surface area contributed by atoms with Crippen molar-refractivity contribution in [1.29, 1.82) is 0 Å². The van der Waals surface area contributed by atoms with E-state index in [9.17, 15) is 13.2 Å². The maximum atomic E-state index is 12.0. The number of ether oxygens (including phenoxy) is 1. The molecule has 1 aliphatic heterocycles. The molecule has 1 saturated heterocycles. The van der Waals surface area contributed by atoms with E-state index in [1.54, 1.807) is 6.92 Å². The number of rotatable bonds is 7. The van der Waals surface area contributed by atoms with E-state index >= 15 is 0 Å². The van der Waals surface area contributed by atoms with Crippen molar-refractivity contribution in [3.8, 4) is 5.75 Å². The second-order valence-corrected chi connectivity index (χ2v) is 9.21. The number of sulfone groups is 1. The van der Waals surface area contributed by atoms with Crippen LogP contribution >= 0.6 is 0 Å². The fourth-order valence-corrected chi connectivity index (χ4v) is 5.03. The Kier molecular flexibility index (Phi) is 5.91. The predicted molar refractivity (Wildman–Crippen MR) is 95.1 cm³/mol. The molecule has 1 amide bonds. The van der Waals surface area contributed by atoms with Crippen molar-refractivity contribution in [2.24, 2.45) is 0 Å². The molecule has 6 heteroatoms. The highest BCUT2D eigenvalue weighted by Gasteiger charge is 2.39. The number of carbonyl (C=O) groups is 1. The molecule has 2 rings (SSSR count). The van der Waals surface area contributed by atoms with Crippen molar-refractivity contribution in [3.63, 3.8) is 0 Å². The standard InChI is InChI=1S/C18H27NO4S/c1-14-7-8-15(2)16(12-14)23-10-5-4-6-17(20)19-18(3)9-11-24(21,22)13-18/h7-8,12H,4-6,9-11,13H2,1-3H3,(H,19,20). The van der Waals surface area contributed by atoms with Crippen molar-refractivity contribution < 1.29 is 17.9 Å². The van der Waals surface area contributed by atoms with Gasteiger partial charge in [-0.3, -0.25) is 4.79 Å². The summed E-state index contributed by atoms with van der Waals surface area (Å²) >= 11 is 0. The van der Waals surface area contributed by atoms with Gasteiger partial charge < -0.3 is 10.1 Å². The van der Waals surface area contributed by atoms with E-state index in [1.807, 2.05) is 26.0 Å². The molecule has 1 fully saturated rings. The first kappa shape index (κ1) is 18.8. The third kappa shape index (κ3) is 5.51. The van der Waals surface area contributed by atoms with Crippen LogP contribution in [0.1, 0.15) is 43.7 Å². The summed E-state index contributed by atoms with van der Waals surface area (Å²) in [7, 11) is -3.00. The minimum Gasteiger partial charge on any atom is -0.493 e. The van der Waals surface area contributed by atoms with Crippen molar-refractivity contribution in [1.82, 2.24) is 5.32 Å². The Bertz CT molecular complexity index is 699. The van der Waals surface area contributed by atoms with Crippen LogP contribution in [0.3, 0.4) is 0 Å². The minimum absolute atomic E-state index is 0.0431. The molecule has 1 unspecified atom stereocenters. The van der Waals surface area contributed by atoms with Gasteiger partial charge in [-0.2, -0.15) is 0 Å². The van der Waals surface area contributed by atoms with Crippen LogP contribution < -0.4 is 10.1 Å². The van der Waals surface area contributed by atoms with Gasteiger partial charge in [0.15, 0.2) is 9.84 Å². The Morgan fingerprint density at radius 2 is 2.04 bits per heavy atom. The van der Waals surface area contributed by atoms with Crippen LogP contribution in [0.25, 0.3) is 0 Å². The highest BCUT2D eigenvalue weighted by atomic mass is 32.2. The van der Waals surface area contributed by atoms with Crippen molar-refractivity contribution in [2.75, 3.05) is 18.1 Å². The monoisotopic (exact) mass is 353 g/mol. The second-order valence-electron chi connectivity index (χ2n) is 7.03. The van der Waals surface area contributed by atoms with Gasteiger partial charge in [-0.05, 0) is 57.2 Å². The molecular weight excluding hydrogens is 326 g/mol. The highest BCUT2D eigenvalue weighted by Crippen LogP contribution is 2.23. The van der Waals surface area contributed by atoms with Gasteiger partial charge in [0.05, 0.1) is 23.7 Å². The molecule has 0 bridgehead atoms. The Morgan fingerprint density at radius 3 is 2.71 bits per heavy atom. The van der Waals surface area contributed by atoms with E-state index in [0.717, 1.165) is 29.7 Å². The molecule has 1 aromatic rings. The summed E-state index contributed by atoms with van der Waals surface area (Å²) < 4.78 is 28.9. The van der Waals surface area contributed by atoms with Gasteiger partial charge in [0, 0.05) is 6.42 Å². The third-order valence-corrected chi connectivity index (χ3v) is 6.25. The topological polar surface area (TPSA) is 72.5 Å². The first-order valence-corrected chi connectivity index (χ1v) is 10.2. The third-order valence-electron chi connectivity index (χ3n) is 4.34. The summed E-state index contributed by atoms with van der Waals surface area (Å²) in [4.78, 5) is 12.0. The van der Waals surface area contributed by atoms with Gasteiger partial charge in [-0.15, -0.1) is 0 Å². The number of unbranched alkanes of at least 4 members (excludes halogenated alkanes) is 1. The van der Waals surface area contributed by atoms with Crippen LogP contribution in [0, 0.1) is 13.8 Å². The molecule has 134 valence electrons. The molecule has 0 spiro atoms. The number of aryl methyl sites for hydroxylation is 2. The fraction of sp³-hybridized carbons (Fsp3) is 0.611. The lowest BCUT2D eigenvalue weighted by molar-refractivity contribution is -0.122. The van der Waals surface area contributed by atoms with Gasteiger partial charge in [0.1, 0.15) is 5.75 Å². The molecule has 0 aromatic heterocycles. The van der Waals surface area contributed by atoms with E-state index in [1.165, 1.54) is 0 Å². The van der Waals surface area contributed by atoms with Gasteiger partial charge in [-0.25, -0.2) is 8.42 Å². The number of benzene rings is 1. The lowest BCUT2D eigenvalue weighted by Gasteiger charge is -2.23. The molecule has 1 atom stereocenters. The molecule has 1 aliphatic rings. The normalized spacial score (nSPS) is 22.3. The predicted octanol–water partition coefficient (Wildman–Crippen LogP) is 2.55. The molecule has 0 radical (unpaired) electrons. The van der Waals surface area contributed by atoms with Crippen molar-refractivity contribution in [2.45, 2.75) is 52.0 Å². The lowest BCUT2D eigenvalue weighted by Crippen LogP contribution is -2.46. The van der Waals surface area contributed by atoms with E-state index in [0.29, 0.717) is 19.4 Å². The van der Waals surface area contributed by atoms with Gasteiger partial charge in [0.25, 0.3) is 0 Å². The highest BCUT2D eigenvalue weighted by molar-refractivity contribution is 7.91. The number of hydrogen-bond acceptors (Lipinski definition) is 4. The number of amides is 1. The van der Waals surface area contributed by atoms with Crippen molar-refractivity contribution >= 4 is 15.7 Å². The van der Waals surface area contributed by atoms with Crippen LogP contribution in [0.15, 0.2) is 18.2 Å². The minimum atomic E-state index is -3.00. The van der Waals surface area contributed by atoms with Gasteiger partial charge in [0.2, 0.25) is 5.91 Å². The Labute approximate surface area is 144 Å². The largest absolute Gasteiger partial charge is 0.493 e. The van der Waals surface area contributed by atoms with Crippen LogP contribution in [0.2, 0.25) is 0 Å². The first-order chi connectivity index (χ1) is 11.2. The van der Waals surface area contributed by atoms with Crippen molar-refractivity contribution in [3.05, 3.63) is 29.3 Å². The van der Waals surface area contributed by atoms with Crippen LogP contribution in [-0.4, -0.2) is 38.0 Å². The van der Waals surface area contributed by atoms with Crippen LogP contribution in [0.5, 0.6) is 5.75 Å². The summed E-state index contributed by atoms with van der Waals surface area (Å²) in [5, 5.41) is 2.88. The average molecular weight is 353 g/mol. The lowest BCUT2D eigenvalue weighted by atomic mass is 10.0. The number of carbonyl (C=O) groups excluding carboxylic acids is 1. The first-order valence-electron chi connectivity index (χ1n) is 8.41. The maximum Gasteiger partial charge on any atom is 0.220 e. The van der Waals surface area contributed by atoms with Gasteiger partial charge in [-0.1, -0.05) is 12.1 Å². The van der Waals surface area contributed by atoms with E-state index < -0.39 is 15.4 Å². The summed E-state index contributed by atoms with van der Waals surface area (Å²) in [5.41, 5.74) is 1.66. The van der Waals surface area contributed by atoms with Crippen LogP contribution in [0.4, 0.5) is 0 Å².